The van der Waals surface area contributed by atoms with Gasteiger partial charge in [0.25, 0.3) is 0 Å². The molecular formula is C20H21BrClN3O. The van der Waals surface area contributed by atoms with E-state index in [1.807, 2.05) is 36.4 Å². The first-order valence-electron chi connectivity index (χ1n) is 8.66. The number of hydrogen-bond donors (Lipinski definition) is 1. The molecule has 26 heavy (non-hydrogen) atoms. The molecule has 3 rings (SSSR count). The van der Waals surface area contributed by atoms with Gasteiger partial charge >= 0.3 is 0 Å². The minimum absolute atomic E-state index is 0.160. The van der Waals surface area contributed by atoms with E-state index in [1.54, 1.807) is 0 Å². The highest BCUT2D eigenvalue weighted by Crippen LogP contribution is 2.31. The SMILES string of the molecule is CCC(CC)(NCc1nnc(-c2ccccc2Br)o1)c1ccc(Cl)cc1. The molecule has 1 heterocycles. The van der Waals surface area contributed by atoms with Crippen LogP contribution in [0.15, 0.2) is 57.4 Å². The van der Waals surface area contributed by atoms with E-state index >= 15 is 0 Å². The molecule has 0 aliphatic heterocycles. The van der Waals surface area contributed by atoms with E-state index in [9.17, 15) is 0 Å². The van der Waals surface area contributed by atoms with Crippen molar-refractivity contribution in [2.75, 3.05) is 0 Å². The molecule has 4 nitrogen and oxygen atoms in total. The van der Waals surface area contributed by atoms with Gasteiger partial charge in [-0.1, -0.05) is 49.7 Å². The largest absolute Gasteiger partial charge is 0.419 e. The summed E-state index contributed by atoms with van der Waals surface area (Å²) in [7, 11) is 0. The highest BCUT2D eigenvalue weighted by molar-refractivity contribution is 9.10. The maximum atomic E-state index is 6.04. The molecule has 0 spiro atoms. The molecule has 0 saturated carbocycles. The molecule has 0 radical (unpaired) electrons. The molecule has 0 bridgehead atoms. The normalized spacial score (nSPS) is 11.7. The van der Waals surface area contributed by atoms with Gasteiger partial charge in [-0.25, -0.2) is 0 Å². The zero-order chi connectivity index (χ0) is 18.6. The van der Waals surface area contributed by atoms with Crippen LogP contribution in [0.4, 0.5) is 0 Å². The number of halogens is 2. The van der Waals surface area contributed by atoms with Crippen molar-refractivity contribution in [1.29, 1.82) is 0 Å². The van der Waals surface area contributed by atoms with Crippen molar-refractivity contribution in [3.05, 3.63) is 69.5 Å². The van der Waals surface area contributed by atoms with Crippen LogP contribution in [0.25, 0.3) is 11.5 Å². The fourth-order valence-corrected chi connectivity index (χ4v) is 3.67. The average molecular weight is 435 g/mol. The Kier molecular flexibility index (Phi) is 6.12. The van der Waals surface area contributed by atoms with Crippen LogP contribution in [0.3, 0.4) is 0 Å². The van der Waals surface area contributed by atoms with Crippen LogP contribution >= 0.6 is 27.5 Å². The summed E-state index contributed by atoms with van der Waals surface area (Å²) in [6.45, 7) is 4.85. The zero-order valence-electron chi connectivity index (χ0n) is 14.8. The van der Waals surface area contributed by atoms with Gasteiger partial charge < -0.3 is 4.42 Å². The molecule has 6 heteroatoms. The Morgan fingerprint density at radius 1 is 1.04 bits per heavy atom. The lowest BCUT2D eigenvalue weighted by Gasteiger charge is -2.33. The first-order chi connectivity index (χ1) is 12.6. The molecule has 0 unspecified atom stereocenters. The second-order valence-electron chi connectivity index (χ2n) is 6.13. The van der Waals surface area contributed by atoms with Gasteiger partial charge in [-0.2, -0.15) is 0 Å². The van der Waals surface area contributed by atoms with E-state index in [0.717, 1.165) is 27.9 Å². The maximum Gasteiger partial charge on any atom is 0.248 e. The zero-order valence-corrected chi connectivity index (χ0v) is 17.1. The Balaban J connectivity index is 1.78. The molecular weight excluding hydrogens is 414 g/mol. The number of benzene rings is 2. The van der Waals surface area contributed by atoms with Crippen molar-refractivity contribution in [2.24, 2.45) is 0 Å². The Morgan fingerprint density at radius 2 is 1.73 bits per heavy atom. The standard InChI is InChI=1S/C20H21BrClN3O/c1-3-20(4-2,14-9-11-15(22)12-10-14)23-13-18-24-25-19(26-18)16-7-5-6-8-17(16)21/h5-12,23H,3-4,13H2,1-2H3. The van der Waals surface area contributed by atoms with E-state index in [0.29, 0.717) is 18.3 Å². The van der Waals surface area contributed by atoms with E-state index in [4.69, 9.17) is 16.0 Å². The van der Waals surface area contributed by atoms with Gasteiger partial charge in [0.1, 0.15) is 0 Å². The van der Waals surface area contributed by atoms with Crippen molar-refractivity contribution in [3.8, 4) is 11.5 Å². The van der Waals surface area contributed by atoms with Crippen molar-refractivity contribution >= 4 is 27.5 Å². The molecule has 0 atom stereocenters. The maximum absolute atomic E-state index is 6.04. The van der Waals surface area contributed by atoms with Crippen molar-refractivity contribution in [3.63, 3.8) is 0 Å². The van der Waals surface area contributed by atoms with Crippen LogP contribution in [0.1, 0.15) is 38.1 Å². The third kappa shape index (κ3) is 4.00. The monoisotopic (exact) mass is 433 g/mol. The summed E-state index contributed by atoms with van der Waals surface area (Å²) in [5.74, 6) is 1.08. The van der Waals surface area contributed by atoms with Crippen LogP contribution in [-0.2, 0) is 12.1 Å². The average Bonchev–Trinajstić information content (AvgIpc) is 3.13. The van der Waals surface area contributed by atoms with Gasteiger partial charge in [0.15, 0.2) is 0 Å². The number of nitrogens with one attached hydrogen (secondary N) is 1. The summed E-state index contributed by atoms with van der Waals surface area (Å²) < 4.78 is 6.79. The third-order valence-corrected chi connectivity index (χ3v) is 5.70. The number of hydrogen-bond acceptors (Lipinski definition) is 4. The van der Waals surface area contributed by atoms with Crippen molar-refractivity contribution in [1.82, 2.24) is 15.5 Å². The molecule has 3 aromatic rings. The molecule has 0 fully saturated rings. The summed E-state index contributed by atoms with van der Waals surface area (Å²) in [6.07, 6.45) is 1.88. The van der Waals surface area contributed by atoms with Gasteiger partial charge in [0, 0.05) is 15.0 Å². The highest BCUT2D eigenvalue weighted by Gasteiger charge is 2.28. The quantitative estimate of drug-likeness (QED) is 0.498. The summed E-state index contributed by atoms with van der Waals surface area (Å²) in [6, 6.07) is 15.8. The van der Waals surface area contributed by atoms with E-state index in [2.05, 4.69) is 57.4 Å². The third-order valence-electron chi connectivity index (χ3n) is 4.75. The molecule has 0 aliphatic carbocycles. The fraction of sp³-hybridized carbons (Fsp3) is 0.300. The first kappa shape index (κ1) is 19.1. The van der Waals surface area contributed by atoms with E-state index in [1.165, 1.54) is 5.56 Å². The second-order valence-corrected chi connectivity index (χ2v) is 7.42. The van der Waals surface area contributed by atoms with Crippen molar-refractivity contribution in [2.45, 2.75) is 38.8 Å². The van der Waals surface area contributed by atoms with Gasteiger partial charge in [-0.3, -0.25) is 5.32 Å². The summed E-state index contributed by atoms with van der Waals surface area (Å²) >= 11 is 9.55. The molecule has 0 saturated heterocycles. The van der Waals surface area contributed by atoms with Crippen LogP contribution in [0.5, 0.6) is 0 Å². The minimum Gasteiger partial charge on any atom is -0.419 e. The predicted molar refractivity (Wildman–Crippen MR) is 108 cm³/mol. The molecule has 0 amide bonds. The van der Waals surface area contributed by atoms with Crippen LogP contribution in [0.2, 0.25) is 5.02 Å². The molecule has 1 N–H and O–H groups in total. The lowest BCUT2D eigenvalue weighted by Crippen LogP contribution is -2.41. The Hall–Kier alpha value is -1.69. The first-order valence-corrected chi connectivity index (χ1v) is 9.83. The Morgan fingerprint density at radius 3 is 2.38 bits per heavy atom. The Labute approximate surface area is 167 Å². The molecule has 136 valence electrons. The van der Waals surface area contributed by atoms with Crippen molar-refractivity contribution < 1.29 is 4.42 Å². The van der Waals surface area contributed by atoms with E-state index in [-0.39, 0.29) is 5.54 Å². The number of nitrogens with zero attached hydrogens (tertiary/aromatic N) is 2. The fourth-order valence-electron chi connectivity index (χ4n) is 3.09. The summed E-state index contributed by atoms with van der Waals surface area (Å²) in [5.41, 5.74) is 1.94. The highest BCUT2D eigenvalue weighted by atomic mass is 79.9. The second kappa shape index (κ2) is 8.33. The lowest BCUT2D eigenvalue weighted by molar-refractivity contribution is 0.290. The summed E-state index contributed by atoms with van der Waals surface area (Å²) in [5, 5.41) is 12.7. The lowest BCUT2D eigenvalue weighted by atomic mass is 9.84. The van der Waals surface area contributed by atoms with Gasteiger partial charge in [-0.15, -0.1) is 10.2 Å². The minimum atomic E-state index is -0.160. The van der Waals surface area contributed by atoms with Gasteiger partial charge in [0.05, 0.1) is 12.1 Å². The van der Waals surface area contributed by atoms with Gasteiger partial charge in [0.2, 0.25) is 11.8 Å². The molecule has 0 aliphatic rings. The predicted octanol–water partition coefficient (Wildman–Crippen LogP) is 5.96. The number of aromatic nitrogens is 2. The van der Waals surface area contributed by atoms with Crippen LogP contribution in [-0.4, -0.2) is 10.2 Å². The molecule has 1 aromatic heterocycles. The van der Waals surface area contributed by atoms with Gasteiger partial charge in [-0.05, 0) is 58.6 Å². The van der Waals surface area contributed by atoms with Crippen LogP contribution in [0, 0.1) is 0 Å². The number of rotatable bonds is 7. The van der Waals surface area contributed by atoms with Crippen LogP contribution < -0.4 is 5.32 Å². The smallest absolute Gasteiger partial charge is 0.248 e. The summed E-state index contributed by atoms with van der Waals surface area (Å²) in [4.78, 5) is 0. The topological polar surface area (TPSA) is 51.0 Å². The molecule has 2 aromatic carbocycles. The van der Waals surface area contributed by atoms with E-state index < -0.39 is 0 Å². The Bertz CT molecular complexity index is 860.